The number of anilines is 1. The molecule has 0 aliphatic heterocycles. The van der Waals surface area contributed by atoms with Gasteiger partial charge in [0.05, 0.1) is 0 Å². The lowest BCUT2D eigenvalue weighted by Gasteiger charge is -2.04. The van der Waals surface area contributed by atoms with Crippen LogP contribution in [-0.2, 0) is 16.6 Å². The Morgan fingerprint density at radius 1 is 1.47 bits per heavy atom. The Bertz CT molecular complexity index is 426. The molecule has 15 heavy (non-hydrogen) atoms. The van der Waals surface area contributed by atoms with Crippen LogP contribution in [0, 0.1) is 11.8 Å². The van der Waals surface area contributed by atoms with Crippen molar-refractivity contribution in [3.8, 4) is 6.57 Å². The van der Waals surface area contributed by atoms with Gasteiger partial charge in [0.1, 0.15) is 0 Å². The van der Waals surface area contributed by atoms with Crippen molar-refractivity contribution in [2.45, 2.75) is 13.3 Å². The third kappa shape index (κ3) is 5.67. The highest BCUT2D eigenvalue weighted by Crippen LogP contribution is 2.11. The van der Waals surface area contributed by atoms with E-state index in [2.05, 4.69) is 11.3 Å². The average molecular weight is 227 g/mol. The van der Waals surface area contributed by atoms with Gasteiger partial charge < -0.3 is 0 Å². The summed E-state index contributed by atoms with van der Waals surface area (Å²) in [6, 6.07) is 7.12. The molecule has 0 heterocycles. The van der Waals surface area contributed by atoms with Crippen molar-refractivity contribution >= 4 is 15.9 Å². The summed E-state index contributed by atoms with van der Waals surface area (Å²) in [5, 5.41) is 11.3. The summed E-state index contributed by atoms with van der Waals surface area (Å²) >= 11 is 0. The lowest BCUT2D eigenvalue weighted by Crippen LogP contribution is -2.21. The topological polar surface area (TPSA) is 96.0 Å². The third-order valence-electron chi connectivity index (χ3n) is 1.60. The van der Waals surface area contributed by atoms with Gasteiger partial charge in [0.15, 0.2) is 0 Å². The van der Waals surface area contributed by atoms with Crippen LogP contribution in [-0.4, -0.2) is 8.42 Å². The van der Waals surface area contributed by atoms with Crippen molar-refractivity contribution in [1.29, 1.82) is 5.26 Å². The van der Waals surface area contributed by atoms with E-state index < -0.39 is 10.2 Å². The van der Waals surface area contributed by atoms with Gasteiger partial charge >= 0.3 is 0 Å². The van der Waals surface area contributed by atoms with Gasteiger partial charge in [0.25, 0.3) is 10.2 Å². The van der Waals surface area contributed by atoms with E-state index in [1.807, 2.05) is 13.0 Å². The van der Waals surface area contributed by atoms with Crippen LogP contribution in [0.15, 0.2) is 24.3 Å². The van der Waals surface area contributed by atoms with E-state index in [9.17, 15) is 8.42 Å². The number of nitrogens with zero attached hydrogens (tertiary/aromatic N) is 1. The van der Waals surface area contributed by atoms with E-state index in [0.717, 1.165) is 12.0 Å². The zero-order valence-corrected chi connectivity index (χ0v) is 9.16. The zero-order valence-electron chi connectivity index (χ0n) is 8.34. The number of hydrogen-bond acceptors (Lipinski definition) is 3. The Kier molecular flexibility index (Phi) is 5.37. The number of nitrogens with two attached hydrogens (primary N) is 1. The number of nitrogens with one attached hydrogen (secondary N) is 1. The summed E-state index contributed by atoms with van der Waals surface area (Å²) in [6.45, 7) is 5.50. The SMILES string of the molecule is C#N.CCc1cccc(NS(N)(=O)=O)c1. The molecule has 0 aliphatic rings. The van der Waals surface area contributed by atoms with Gasteiger partial charge in [-0.3, -0.25) is 4.72 Å². The minimum atomic E-state index is -3.65. The summed E-state index contributed by atoms with van der Waals surface area (Å²) in [7, 11) is -3.65. The molecule has 0 atom stereocenters. The molecule has 0 bridgehead atoms. The van der Waals surface area contributed by atoms with Gasteiger partial charge in [-0.15, -0.1) is 0 Å². The fourth-order valence-electron chi connectivity index (χ4n) is 1.02. The minimum Gasteiger partial charge on any atom is -0.271 e. The maximum absolute atomic E-state index is 10.7. The largest absolute Gasteiger partial charge is 0.296 e. The first-order valence-electron chi connectivity index (χ1n) is 4.16. The van der Waals surface area contributed by atoms with Crippen LogP contribution < -0.4 is 9.86 Å². The fraction of sp³-hybridized carbons (Fsp3) is 0.222. The molecule has 82 valence electrons. The van der Waals surface area contributed by atoms with Gasteiger partial charge in [-0.25, -0.2) is 10.4 Å². The average Bonchev–Trinajstić information content (AvgIpc) is 2.19. The molecule has 6 heteroatoms. The van der Waals surface area contributed by atoms with Crippen molar-refractivity contribution in [2.24, 2.45) is 5.14 Å². The van der Waals surface area contributed by atoms with Gasteiger partial charge in [-0.05, 0) is 24.1 Å². The third-order valence-corrected chi connectivity index (χ3v) is 2.12. The van der Waals surface area contributed by atoms with Gasteiger partial charge in [-0.2, -0.15) is 8.42 Å². The van der Waals surface area contributed by atoms with E-state index in [1.54, 1.807) is 18.2 Å². The van der Waals surface area contributed by atoms with Crippen molar-refractivity contribution in [2.75, 3.05) is 4.72 Å². The first-order valence-corrected chi connectivity index (χ1v) is 5.71. The van der Waals surface area contributed by atoms with Crippen molar-refractivity contribution in [1.82, 2.24) is 0 Å². The normalized spacial score (nSPS) is 9.87. The molecule has 0 unspecified atom stereocenters. The second-order valence-corrected chi connectivity index (χ2v) is 4.00. The van der Waals surface area contributed by atoms with E-state index in [0.29, 0.717) is 5.69 Å². The minimum absolute atomic E-state index is 0.502. The van der Waals surface area contributed by atoms with Crippen LogP contribution >= 0.6 is 0 Å². The quantitative estimate of drug-likeness (QED) is 0.806. The number of aryl methyl sites for hydroxylation is 1. The second-order valence-electron chi connectivity index (χ2n) is 2.70. The monoisotopic (exact) mass is 227 g/mol. The Balaban J connectivity index is 0.000000921. The molecule has 0 aromatic heterocycles. The molecule has 0 fully saturated rings. The molecular weight excluding hydrogens is 214 g/mol. The first-order chi connectivity index (χ1) is 7.01. The number of nitriles is 1. The molecule has 0 radical (unpaired) electrons. The lowest BCUT2D eigenvalue weighted by molar-refractivity contribution is 0.603. The van der Waals surface area contributed by atoms with Gasteiger partial charge in [-0.1, -0.05) is 19.1 Å². The molecule has 1 rings (SSSR count). The molecule has 1 aromatic rings. The summed E-state index contributed by atoms with van der Waals surface area (Å²) < 4.78 is 23.5. The van der Waals surface area contributed by atoms with E-state index in [1.165, 1.54) is 0 Å². The number of rotatable bonds is 3. The highest BCUT2D eigenvalue weighted by Gasteiger charge is 2.01. The molecule has 0 spiro atoms. The summed E-state index contributed by atoms with van der Waals surface area (Å²) in [4.78, 5) is 0. The molecule has 0 amide bonds. The Hall–Kier alpha value is -1.58. The molecular formula is C9H13N3O2S. The second kappa shape index (κ2) is 6.01. The first kappa shape index (κ1) is 13.4. The van der Waals surface area contributed by atoms with E-state index >= 15 is 0 Å². The van der Waals surface area contributed by atoms with E-state index in [4.69, 9.17) is 10.4 Å². The molecule has 0 saturated carbocycles. The number of benzene rings is 1. The summed E-state index contributed by atoms with van der Waals surface area (Å²) in [6.07, 6.45) is 0.861. The molecule has 0 aliphatic carbocycles. The standard InChI is InChI=1S/C8H12N2O2S.CHN/c1-2-7-4-3-5-8(6-7)10-13(9,11)12;1-2/h3-6,10H,2H2,1H3,(H2,9,11,12);1H. The maximum Gasteiger partial charge on any atom is 0.296 e. The zero-order chi connectivity index (χ0) is 11.9. The molecule has 3 N–H and O–H groups in total. The maximum atomic E-state index is 10.7. The Morgan fingerprint density at radius 2 is 2.07 bits per heavy atom. The summed E-state index contributed by atoms with van der Waals surface area (Å²) in [5.74, 6) is 0. The highest BCUT2D eigenvalue weighted by molar-refractivity contribution is 7.90. The lowest BCUT2D eigenvalue weighted by atomic mass is 10.1. The van der Waals surface area contributed by atoms with Crippen molar-refractivity contribution in [3.05, 3.63) is 29.8 Å². The van der Waals surface area contributed by atoms with E-state index in [-0.39, 0.29) is 0 Å². The number of hydrogen-bond donors (Lipinski definition) is 2. The highest BCUT2D eigenvalue weighted by atomic mass is 32.2. The van der Waals surface area contributed by atoms with Crippen LogP contribution in [0.4, 0.5) is 5.69 Å². The Morgan fingerprint density at radius 3 is 2.53 bits per heavy atom. The molecule has 0 saturated heterocycles. The molecule has 1 aromatic carbocycles. The van der Waals surface area contributed by atoms with Crippen LogP contribution in [0.3, 0.4) is 0 Å². The van der Waals surface area contributed by atoms with Gasteiger partial charge in [0, 0.05) is 12.3 Å². The smallest absolute Gasteiger partial charge is 0.271 e. The van der Waals surface area contributed by atoms with Crippen molar-refractivity contribution in [3.63, 3.8) is 0 Å². The van der Waals surface area contributed by atoms with Crippen LogP contribution in [0.25, 0.3) is 0 Å². The fourth-order valence-corrected chi connectivity index (χ4v) is 1.47. The van der Waals surface area contributed by atoms with Crippen LogP contribution in [0.1, 0.15) is 12.5 Å². The predicted molar refractivity (Wildman–Crippen MR) is 59.2 cm³/mol. The van der Waals surface area contributed by atoms with Crippen molar-refractivity contribution < 1.29 is 8.42 Å². The molecule has 5 nitrogen and oxygen atoms in total. The predicted octanol–water partition coefficient (Wildman–Crippen LogP) is 1.00. The Labute approximate surface area is 89.7 Å². The van der Waals surface area contributed by atoms with Crippen LogP contribution in [0.5, 0.6) is 0 Å². The van der Waals surface area contributed by atoms with Gasteiger partial charge in [0.2, 0.25) is 0 Å². The van der Waals surface area contributed by atoms with Crippen LogP contribution in [0.2, 0.25) is 0 Å². The summed E-state index contributed by atoms with van der Waals surface area (Å²) in [5.41, 5.74) is 1.57.